The smallest absolute Gasteiger partial charge is 0.335 e. The normalized spacial score (nSPS) is 10.7. The van der Waals surface area contributed by atoms with Crippen molar-refractivity contribution in [1.82, 2.24) is 20.4 Å². The number of hydrogen-bond donors (Lipinski definition) is 4. The number of carbonyl (C=O) groups is 2. The van der Waals surface area contributed by atoms with Crippen LogP contribution in [0.25, 0.3) is 22.0 Å². The number of amides is 1. The molecular weight excluding hydrogens is 568 g/mol. The van der Waals surface area contributed by atoms with Gasteiger partial charge in [-0.15, -0.1) is 0 Å². The van der Waals surface area contributed by atoms with E-state index >= 15 is 0 Å². The van der Waals surface area contributed by atoms with Crippen LogP contribution < -0.4 is 25.0 Å². The van der Waals surface area contributed by atoms with Gasteiger partial charge in [0.25, 0.3) is 5.91 Å². The van der Waals surface area contributed by atoms with E-state index < -0.39 is 23.5 Å². The van der Waals surface area contributed by atoms with Gasteiger partial charge in [0, 0.05) is 47.7 Å². The van der Waals surface area contributed by atoms with E-state index in [0.29, 0.717) is 28.1 Å². The van der Waals surface area contributed by atoms with Crippen LogP contribution in [0.3, 0.4) is 0 Å². The summed E-state index contributed by atoms with van der Waals surface area (Å²) in [6.07, 6.45) is 2.73. The van der Waals surface area contributed by atoms with E-state index in [1.165, 1.54) is 44.8 Å². The number of nitrogens with one attached hydrogen (secondary N) is 2. The van der Waals surface area contributed by atoms with Gasteiger partial charge in [0.1, 0.15) is 23.1 Å². The standard InChI is InChI=1S/C29H21F2N5O7/c1-41-27-22(12-33-29(35-27)42-2)14-3-4-21-24(7-14)32-13-23(26(37)36-40)25(21)34-18-5-15(28(38)39)6-19(11-18)43-20-9-16(30)8-17(31)10-20/h3-13,40H,1-2H3,(H,32,34)(H,36,37)(H,38,39). The number of halogens is 2. The molecule has 4 N–H and O–H groups in total. The maximum Gasteiger partial charge on any atom is 0.335 e. The zero-order valence-electron chi connectivity index (χ0n) is 22.4. The van der Waals surface area contributed by atoms with E-state index in [2.05, 4.69) is 20.3 Å². The first-order valence-corrected chi connectivity index (χ1v) is 12.3. The Balaban J connectivity index is 1.60. The summed E-state index contributed by atoms with van der Waals surface area (Å²) in [7, 11) is 2.87. The van der Waals surface area contributed by atoms with Crippen molar-refractivity contribution in [2.75, 3.05) is 19.5 Å². The third kappa shape index (κ3) is 6.08. The van der Waals surface area contributed by atoms with Gasteiger partial charge in [0.2, 0.25) is 5.88 Å². The molecule has 0 saturated carbocycles. The highest BCUT2D eigenvalue weighted by Gasteiger charge is 2.19. The van der Waals surface area contributed by atoms with Crippen LogP contribution in [-0.4, -0.2) is 51.4 Å². The van der Waals surface area contributed by atoms with Gasteiger partial charge < -0.3 is 24.6 Å². The zero-order chi connectivity index (χ0) is 30.7. The Labute approximate surface area is 241 Å². The molecule has 5 rings (SSSR count). The minimum absolute atomic E-state index is 0.0622. The van der Waals surface area contributed by atoms with E-state index in [4.69, 9.17) is 14.2 Å². The van der Waals surface area contributed by atoms with Crippen LogP contribution in [0.5, 0.6) is 23.4 Å². The van der Waals surface area contributed by atoms with Crippen molar-refractivity contribution in [2.24, 2.45) is 0 Å². The molecule has 2 aromatic heterocycles. The molecule has 0 fully saturated rings. The molecule has 0 aliphatic carbocycles. The van der Waals surface area contributed by atoms with Crippen molar-refractivity contribution < 1.29 is 42.9 Å². The van der Waals surface area contributed by atoms with Crippen LogP contribution in [0.1, 0.15) is 20.7 Å². The SMILES string of the molecule is COc1ncc(-c2ccc3c(Nc4cc(Oc5cc(F)cc(F)c5)cc(C(=O)O)c4)c(C(=O)NO)cnc3c2)c(OC)n1. The zero-order valence-corrected chi connectivity index (χ0v) is 22.4. The van der Waals surface area contributed by atoms with Gasteiger partial charge in [0.15, 0.2) is 0 Å². The number of carboxylic acids is 1. The third-order valence-electron chi connectivity index (χ3n) is 6.13. The number of nitrogens with zero attached hydrogens (tertiary/aromatic N) is 3. The molecule has 0 atom stereocenters. The van der Waals surface area contributed by atoms with E-state index in [1.807, 2.05) is 0 Å². The van der Waals surface area contributed by atoms with Crippen molar-refractivity contribution in [3.63, 3.8) is 0 Å². The lowest BCUT2D eigenvalue weighted by Gasteiger charge is -2.16. The molecule has 2 heterocycles. The summed E-state index contributed by atoms with van der Waals surface area (Å²) in [4.78, 5) is 37.1. The van der Waals surface area contributed by atoms with Gasteiger partial charge in [0.05, 0.1) is 42.1 Å². The van der Waals surface area contributed by atoms with Crippen molar-refractivity contribution in [1.29, 1.82) is 0 Å². The number of methoxy groups -OCH3 is 2. The second-order valence-corrected chi connectivity index (χ2v) is 8.88. The molecule has 12 nitrogen and oxygen atoms in total. The Kier molecular flexibility index (Phi) is 7.94. The average Bonchev–Trinajstić information content (AvgIpc) is 2.99. The Morgan fingerprint density at radius 1 is 0.884 bits per heavy atom. The number of carboxylic acid groups (broad SMARTS) is 1. The lowest BCUT2D eigenvalue weighted by molar-refractivity contribution is 0.0693. The number of aromatic nitrogens is 3. The van der Waals surface area contributed by atoms with Gasteiger partial charge in [-0.05, 0) is 23.8 Å². The number of pyridine rings is 1. The Hall–Kier alpha value is -5.89. The summed E-state index contributed by atoms with van der Waals surface area (Å²) in [6.45, 7) is 0. The predicted molar refractivity (Wildman–Crippen MR) is 148 cm³/mol. The highest BCUT2D eigenvalue weighted by molar-refractivity contribution is 6.08. The number of anilines is 2. The Morgan fingerprint density at radius 2 is 1.63 bits per heavy atom. The first kappa shape index (κ1) is 28.6. The second-order valence-electron chi connectivity index (χ2n) is 8.88. The first-order chi connectivity index (χ1) is 20.7. The van der Waals surface area contributed by atoms with Gasteiger partial charge in [-0.25, -0.2) is 24.0 Å². The van der Waals surface area contributed by atoms with Crippen molar-refractivity contribution >= 4 is 34.2 Å². The average molecular weight is 590 g/mol. The molecule has 0 bridgehead atoms. The molecule has 0 aliphatic rings. The first-order valence-electron chi connectivity index (χ1n) is 12.3. The number of carbonyl (C=O) groups excluding carboxylic acids is 1. The maximum absolute atomic E-state index is 13.7. The summed E-state index contributed by atoms with van der Waals surface area (Å²) < 4.78 is 43.4. The minimum atomic E-state index is -1.31. The molecular formula is C29H21F2N5O7. The number of rotatable bonds is 9. The molecule has 0 spiro atoms. The second kappa shape index (κ2) is 11.9. The summed E-state index contributed by atoms with van der Waals surface area (Å²) in [5.74, 6) is -4.00. The molecule has 0 saturated heterocycles. The van der Waals surface area contributed by atoms with Crippen molar-refractivity contribution in [3.8, 4) is 34.5 Å². The maximum atomic E-state index is 13.7. The van der Waals surface area contributed by atoms with Gasteiger partial charge in [-0.3, -0.25) is 15.0 Å². The van der Waals surface area contributed by atoms with Gasteiger partial charge in [-0.1, -0.05) is 12.1 Å². The van der Waals surface area contributed by atoms with Crippen molar-refractivity contribution in [2.45, 2.75) is 0 Å². The van der Waals surface area contributed by atoms with Crippen LogP contribution in [0.2, 0.25) is 0 Å². The van der Waals surface area contributed by atoms with E-state index in [1.54, 1.807) is 23.7 Å². The van der Waals surface area contributed by atoms with Crippen molar-refractivity contribution in [3.05, 3.63) is 89.8 Å². The summed E-state index contributed by atoms with van der Waals surface area (Å²) in [5.41, 5.74) is 3.11. The summed E-state index contributed by atoms with van der Waals surface area (Å²) in [6, 6.07) is 11.5. The molecule has 3 aromatic carbocycles. The number of hydrogen-bond acceptors (Lipinski definition) is 10. The molecule has 5 aromatic rings. The predicted octanol–water partition coefficient (Wildman–Crippen LogP) is 5.34. The van der Waals surface area contributed by atoms with Crippen LogP contribution in [-0.2, 0) is 0 Å². The number of hydroxylamine groups is 1. The number of aromatic carboxylic acids is 1. The van der Waals surface area contributed by atoms with Crippen LogP contribution >= 0.6 is 0 Å². The summed E-state index contributed by atoms with van der Waals surface area (Å²) in [5, 5.41) is 22.5. The topological polar surface area (TPSA) is 165 Å². The molecule has 1 amide bonds. The molecule has 0 radical (unpaired) electrons. The summed E-state index contributed by atoms with van der Waals surface area (Å²) >= 11 is 0. The number of ether oxygens (including phenoxy) is 3. The lowest BCUT2D eigenvalue weighted by atomic mass is 10.0. The largest absolute Gasteiger partial charge is 0.480 e. The number of fused-ring (bicyclic) bond motifs is 1. The molecule has 0 unspecified atom stereocenters. The lowest BCUT2D eigenvalue weighted by Crippen LogP contribution is -2.20. The van der Waals surface area contributed by atoms with E-state index in [0.717, 1.165) is 12.1 Å². The fourth-order valence-corrected chi connectivity index (χ4v) is 4.25. The molecule has 0 aliphatic heterocycles. The molecule has 218 valence electrons. The quantitative estimate of drug-likeness (QED) is 0.130. The fraction of sp³-hybridized carbons (Fsp3) is 0.0690. The van der Waals surface area contributed by atoms with Crippen LogP contribution in [0.15, 0.2) is 67.0 Å². The van der Waals surface area contributed by atoms with Crippen LogP contribution in [0, 0.1) is 11.6 Å². The highest BCUT2D eigenvalue weighted by Crippen LogP contribution is 2.36. The highest BCUT2D eigenvalue weighted by atomic mass is 19.1. The Morgan fingerprint density at radius 3 is 2.30 bits per heavy atom. The van der Waals surface area contributed by atoms with E-state index in [-0.39, 0.29) is 45.9 Å². The molecule has 14 heteroatoms. The third-order valence-corrected chi connectivity index (χ3v) is 6.13. The Bertz CT molecular complexity index is 1870. The van der Waals surface area contributed by atoms with Gasteiger partial charge >= 0.3 is 12.0 Å². The fourth-order valence-electron chi connectivity index (χ4n) is 4.25. The van der Waals surface area contributed by atoms with Gasteiger partial charge in [-0.2, -0.15) is 4.98 Å². The minimum Gasteiger partial charge on any atom is -0.480 e. The number of benzene rings is 3. The monoisotopic (exact) mass is 589 g/mol. The van der Waals surface area contributed by atoms with E-state index in [9.17, 15) is 28.7 Å². The van der Waals surface area contributed by atoms with Crippen LogP contribution in [0.4, 0.5) is 20.2 Å². The molecule has 43 heavy (non-hydrogen) atoms.